The monoisotopic (exact) mass is 245 g/mol. The van der Waals surface area contributed by atoms with Gasteiger partial charge in [-0.2, -0.15) is 8.78 Å². The van der Waals surface area contributed by atoms with E-state index in [2.05, 4.69) is 4.74 Å². The van der Waals surface area contributed by atoms with Crippen molar-refractivity contribution in [3.05, 3.63) is 23.3 Å². The number of alkyl halides is 2. The van der Waals surface area contributed by atoms with E-state index in [9.17, 15) is 13.6 Å². The van der Waals surface area contributed by atoms with Gasteiger partial charge in [-0.25, -0.2) is 4.79 Å². The van der Waals surface area contributed by atoms with Gasteiger partial charge in [0.2, 0.25) is 0 Å². The number of halogens is 2. The number of carbonyl (C=O) groups excluding carboxylic acids is 1. The van der Waals surface area contributed by atoms with Crippen molar-refractivity contribution in [2.24, 2.45) is 0 Å². The van der Waals surface area contributed by atoms with Crippen LogP contribution in [0.1, 0.15) is 22.8 Å². The predicted molar refractivity (Wildman–Crippen MR) is 58.2 cm³/mol. The molecule has 1 rings (SSSR count). The minimum atomic E-state index is -2.99. The van der Waals surface area contributed by atoms with E-state index in [0.29, 0.717) is 5.56 Å². The lowest BCUT2D eigenvalue weighted by Crippen LogP contribution is -2.12. The second kappa shape index (κ2) is 5.47. The molecule has 0 radical (unpaired) electrons. The number of ether oxygens (including phenoxy) is 2. The van der Waals surface area contributed by atoms with Gasteiger partial charge in [0, 0.05) is 0 Å². The summed E-state index contributed by atoms with van der Waals surface area (Å²) in [6, 6.07) is 2.76. The van der Waals surface area contributed by atoms with Crippen molar-refractivity contribution in [2.45, 2.75) is 20.5 Å². The Kier molecular flexibility index (Phi) is 4.25. The first-order valence-corrected chi connectivity index (χ1v) is 4.98. The Labute approximate surface area is 97.3 Å². The number of carbonyl (C=O) groups is 1. The van der Waals surface area contributed by atoms with Crippen LogP contribution in [0.5, 0.6) is 5.75 Å². The largest absolute Gasteiger partial charge is 0.462 e. The molecular weight excluding hydrogens is 232 g/mol. The number of rotatable bonds is 4. The third kappa shape index (κ3) is 3.05. The highest BCUT2D eigenvalue weighted by Gasteiger charge is 2.19. The predicted octanol–water partition coefficient (Wildman–Crippen LogP) is 2.36. The molecule has 94 valence electrons. The molecule has 0 atom stereocenters. The van der Waals surface area contributed by atoms with E-state index in [1.807, 2.05) is 0 Å². The molecule has 0 aliphatic heterocycles. The van der Waals surface area contributed by atoms with Gasteiger partial charge in [0.1, 0.15) is 5.75 Å². The van der Waals surface area contributed by atoms with Crippen LogP contribution in [-0.2, 0) is 4.74 Å². The Morgan fingerprint density at radius 1 is 1.47 bits per heavy atom. The Hall–Kier alpha value is -1.85. The molecule has 0 heterocycles. The van der Waals surface area contributed by atoms with E-state index < -0.39 is 12.6 Å². The van der Waals surface area contributed by atoms with Crippen molar-refractivity contribution >= 4 is 11.7 Å². The molecule has 0 unspecified atom stereocenters. The highest BCUT2D eigenvalue weighted by molar-refractivity contribution is 5.98. The number of nitrogens with two attached hydrogens (primary N) is 1. The maximum absolute atomic E-state index is 12.1. The smallest absolute Gasteiger partial charge is 0.387 e. The molecule has 0 amide bonds. The quantitative estimate of drug-likeness (QED) is 0.653. The minimum Gasteiger partial charge on any atom is -0.462 e. The van der Waals surface area contributed by atoms with Gasteiger partial charge in [-0.3, -0.25) is 0 Å². The van der Waals surface area contributed by atoms with Gasteiger partial charge in [-0.1, -0.05) is 6.07 Å². The van der Waals surface area contributed by atoms with Gasteiger partial charge >= 0.3 is 12.6 Å². The molecule has 0 saturated carbocycles. The molecule has 4 nitrogen and oxygen atoms in total. The number of hydrogen-bond donors (Lipinski definition) is 1. The highest BCUT2D eigenvalue weighted by atomic mass is 19.3. The summed E-state index contributed by atoms with van der Waals surface area (Å²) in [4.78, 5) is 11.6. The van der Waals surface area contributed by atoms with E-state index in [4.69, 9.17) is 10.5 Å². The van der Waals surface area contributed by atoms with Crippen molar-refractivity contribution in [1.29, 1.82) is 0 Å². The topological polar surface area (TPSA) is 61.5 Å². The summed E-state index contributed by atoms with van der Waals surface area (Å²) in [5.74, 6) is -0.879. The highest BCUT2D eigenvalue weighted by Crippen LogP contribution is 2.29. The molecule has 2 N–H and O–H groups in total. The maximum atomic E-state index is 12.1. The van der Waals surface area contributed by atoms with Crippen molar-refractivity contribution < 1.29 is 23.0 Å². The van der Waals surface area contributed by atoms with E-state index in [1.165, 1.54) is 12.1 Å². The summed E-state index contributed by atoms with van der Waals surface area (Å²) in [6.07, 6.45) is 0. The van der Waals surface area contributed by atoms with Crippen molar-refractivity contribution in [2.75, 3.05) is 12.3 Å². The van der Waals surface area contributed by atoms with Crippen LogP contribution >= 0.6 is 0 Å². The molecule has 0 aliphatic rings. The molecule has 0 fully saturated rings. The SMILES string of the molecule is CCOC(=O)c1c(C)ccc(OC(F)F)c1N. The summed E-state index contributed by atoms with van der Waals surface area (Å²) in [5.41, 5.74) is 6.07. The lowest BCUT2D eigenvalue weighted by molar-refractivity contribution is -0.0494. The zero-order chi connectivity index (χ0) is 13.0. The zero-order valence-corrected chi connectivity index (χ0v) is 9.50. The second-order valence-corrected chi connectivity index (χ2v) is 3.27. The Balaban J connectivity index is 3.15. The normalized spacial score (nSPS) is 10.4. The summed E-state index contributed by atoms with van der Waals surface area (Å²) >= 11 is 0. The maximum Gasteiger partial charge on any atom is 0.387 e. The van der Waals surface area contributed by atoms with Crippen molar-refractivity contribution in [3.8, 4) is 5.75 Å². The average molecular weight is 245 g/mol. The summed E-state index contributed by atoms with van der Waals surface area (Å²) in [6.45, 7) is 0.463. The fourth-order valence-electron chi connectivity index (χ4n) is 1.38. The molecule has 0 saturated heterocycles. The van der Waals surface area contributed by atoms with Gasteiger partial charge < -0.3 is 15.2 Å². The number of nitrogen functional groups attached to an aromatic ring is 1. The van der Waals surface area contributed by atoms with Crippen LogP contribution in [0, 0.1) is 6.92 Å². The number of aryl methyl sites for hydroxylation is 1. The van der Waals surface area contributed by atoms with E-state index in [0.717, 1.165) is 0 Å². The first-order chi connectivity index (χ1) is 7.97. The fraction of sp³-hybridized carbons (Fsp3) is 0.364. The second-order valence-electron chi connectivity index (χ2n) is 3.27. The van der Waals surface area contributed by atoms with Crippen LogP contribution in [0.25, 0.3) is 0 Å². The molecule has 1 aromatic carbocycles. The molecule has 1 aromatic rings. The van der Waals surface area contributed by atoms with Crippen molar-refractivity contribution in [1.82, 2.24) is 0 Å². The first-order valence-electron chi connectivity index (χ1n) is 4.98. The zero-order valence-electron chi connectivity index (χ0n) is 9.50. The Morgan fingerprint density at radius 3 is 2.65 bits per heavy atom. The van der Waals surface area contributed by atoms with Crippen molar-refractivity contribution in [3.63, 3.8) is 0 Å². The first kappa shape index (κ1) is 13.2. The van der Waals surface area contributed by atoms with Crippen LogP contribution in [0.4, 0.5) is 14.5 Å². The Bertz CT molecular complexity index is 421. The number of benzene rings is 1. The number of anilines is 1. The number of esters is 1. The van der Waals surface area contributed by atoms with Gasteiger partial charge in [-0.15, -0.1) is 0 Å². The summed E-state index contributed by atoms with van der Waals surface area (Å²) in [5, 5.41) is 0. The molecule has 0 aromatic heterocycles. The summed E-state index contributed by atoms with van der Waals surface area (Å²) < 4.78 is 33.2. The van der Waals surface area contributed by atoms with Crippen LogP contribution in [0.15, 0.2) is 12.1 Å². The number of hydrogen-bond acceptors (Lipinski definition) is 4. The molecule has 6 heteroatoms. The van der Waals surface area contributed by atoms with Crippen LogP contribution in [0.3, 0.4) is 0 Å². The van der Waals surface area contributed by atoms with Gasteiger partial charge in [-0.05, 0) is 25.5 Å². The van der Waals surface area contributed by atoms with Crippen LogP contribution in [0.2, 0.25) is 0 Å². The van der Waals surface area contributed by atoms with Crippen LogP contribution in [-0.4, -0.2) is 19.2 Å². The fourth-order valence-corrected chi connectivity index (χ4v) is 1.38. The minimum absolute atomic E-state index is 0.0602. The molecule has 0 spiro atoms. The van der Waals surface area contributed by atoms with E-state index >= 15 is 0 Å². The molecule has 17 heavy (non-hydrogen) atoms. The third-order valence-corrected chi connectivity index (χ3v) is 2.11. The molecular formula is C11H13F2NO3. The van der Waals surface area contributed by atoms with Crippen LogP contribution < -0.4 is 10.5 Å². The van der Waals surface area contributed by atoms with Gasteiger partial charge in [0.05, 0.1) is 17.9 Å². The molecule has 0 bridgehead atoms. The lowest BCUT2D eigenvalue weighted by atomic mass is 10.1. The Morgan fingerprint density at radius 2 is 2.12 bits per heavy atom. The molecule has 0 aliphatic carbocycles. The van der Waals surface area contributed by atoms with E-state index in [-0.39, 0.29) is 23.6 Å². The standard InChI is InChI=1S/C11H13F2NO3/c1-3-16-10(15)8-6(2)4-5-7(9(8)14)17-11(12)13/h4-5,11H,3,14H2,1-2H3. The average Bonchev–Trinajstić information content (AvgIpc) is 2.22. The summed E-state index contributed by atoms with van der Waals surface area (Å²) in [7, 11) is 0. The lowest BCUT2D eigenvalue weighted by Gasteiger charge is -2.13. The third-order valence-electron chi connectivity index (χ3n) is 2.11. The van der Waals surface area contributed by atoms with Gasteiger partial charge in [0.25, 0.3) is 0 Å². The van der Waals surface area contributed by atoms with Gasteiger partial charge in [0.15, 0.2) is 0 Å². The van der Waals surface area contributed by atoms with E-state index in [1.54, 1.807) is 13.8 Å².